The van der Waals surface area contributed by atoms with Crippen LogP contribution in [-0.4, -0.2) is 5.59 Å². The van der Waals surface area contributed by atoms with Crippen LogP contribution in [0, 0.1) is 0 Å². The van der Waals surface area contributed by atoms with Gasteiger partial charge in [0.15, 0.2) is 0 Å². The van der Waals surface area contributed by atoms with Gasteiger partial charge in [0.1, 0.15) is 0 Å². The van der Waals surface area contributed by atoms with Gasteiger partial charge in [0.2, 0.25) is 0 Å². The van der Waals surface area contributed by atoms with E-state index in [9.17, 15) is 0 Å². The Morgan fingerprint density at radius 1 is 0.704 bits per heavy atom. The lowest BCUT2D eigenvalue weighted by molar-refractivity contribution is 0.554. The molecular weight excluding hydrogens is 345 g/mol. The molecule has 0 bridgehead atoms. The summed E-state index contributed by atoms with van der Waals surface area (Å²) in [5.74, 6) is 0. The van der Waals surface area contributed by atoms with Crippen molar-refractivity contribution in [2.75, 3.05) is 0 Å². The van der Waals surface area contributed by atoms with Gasteiger partial charge in [-0.05, 0) is 45.1 Å². The van der Waals surface area contributed by atoms with Crippen molar-refractivity contribution >= 4 is 24.8 Å². The molecule has 0 saturated heterocycles. The average molecular weight is 380 g/mol. The van der Waals surface area contributed by atoms with Gasteiger partial charge in [0.25, 0.3) is 0 Å². The van der Waals surface area contributed by atoms with Crippen molar-refractivity contribution in [1.82, 2.24) is 0 Å². The molecule has 0 amide bonds. The number of aliphatic imine (C=N–C) groups is 1. The molecule has 2 aromatic carbocycles. The van der Waals surface area contributed by atoms with Gasteiger partial charge in [-0.1, -0.05) is 92.6 Å². The molecule has 0 aliphatic heterocycles. The lowest BCUT2D eigenvalue weighted by Gasteiger charge is -2.32. The van der Waals surface area contributed by atoms with Gasteiger partial charge in [-0.3, -0.25) is 0 Å². The molecule has 0 saturated carbocycles. The minimum atomic E-state index is 0.0675. The Kier molecular flexibility index (Phi) is 6.20. The van der Waals surface area contributed by atoms with Crippen LogP contribution in [0.15, 0.2) is 47.5 Å². The fourth-order valence-electron chi connectivity index (χ4n) is 2.97. The second kappa shape index (κ2) is 7.75. The van der Waals surface area contributed by atoms with E-state index in [1.54, 1.807) is 0 Å². The van der Waals surface area contributed by atoms with E-state index in [2.05, 4.69) is 85.0 Å². The van der Waals surface area contributed by atoms with Gasteiger partial charge in [-0.2, -0.15) is 0 Å². The van der Waals surface area contributed by atoms with Crippen LogP contribution in [0.5, 0.6) is 0 Å². The molecule has 27 heavy (non-hydrogen) atoms. The lowest BCUT2D eigenvalue weighted by Crippen LogP contribution is -2.29. The number of nitrogens with zero attached hydrogens (tertiary/aromatic N) is 1. The Balaban J connectivity index is 2.75. The van der Waals surface area contributed by atoms with Gasteiger partial charge >= 0.3 is 0 Å². The largest absolute Gasteiger partial charge is 0.201 e. The fraction of sp³-hybridized carbons (Fsp3) is 0.480. The first-order valence-electron chi connectivity index (χ1n) is 9.71. The predicted molar refractivity (Wildman–Crippen MR) is 123 cm³/mol. The average Bonchev–Trinajstić information content (AvgIpc) is 2.52. The molecule has 0 N–H and O–H groups in total. The van der Waals surface area contributed by atoms with Gasteiger partial charge in [0.05, 0.1) is 5.69 Å². The summed E-state index contributed by atoms with van der Waals surface area (Å²) >= 11 is 0. The van der Waals surface area contributed by atoms with Crippen LogP contribution in [0.4, 0.5) is 5.69 Å². The first-order chi connectivity index (χ1) is 12.3. The van der Waals surface area contributed by atoms with Crippen LogP contribution in [0.3, 0.4) is 0 Å². The number of benzene rings is 2. The minimum Gasteiger partial charge on any atom is -0.201 e. The highest BCUT2D eigenvalue weighted by Crippen LogP contribution is 2.35. The summed E-state index contributed by atoms with van der Waals surface area (Å²) in [6.45, 7) is 20.7. The second-order valence-electron chi connectivity index (χ2n) is 10.3. The number of rotatable bonds is 2. The molecule has 0 aliphatic rings. The first kappa shape index (κ1) is 21.6. The molecule has 0 aliphatic carbocycles. The van der Waals surface area contributed by atoms with Crippen LogP contribution in [0.1, 0.15) is 79.0 Å². The molecule has 0 aromatic heterocycles. The third-order valence-electron chi connectivity index (χ3n) is 4.69. The van der Waals surface area contributed by atoms with Crippen LogP contribution in [0.2, 0.25) is 0 Å². The molecule has 2 heteroatoms. The molecule has 0 spiro atoms. The molecule has 1 nitrogen and oxygen atoms in total. The van der Waals surface area contributed by atoms with Gasteiger partial charge < -0.3 is 0 Å². The Morgan fingerprint density at radius 2 is 1.19 bits per heavy atom. The molecule has 144 valence electrons. The Morgan fingerprint density at radius 3 is 1.59 bits per heavy atom. The first-order valence-corrected chi connectivity index (χ1v) is 10.6. The molecular formula is C25H34NP. The molecule has 0 radical (unpaired) electrons. The maximum atomic E-state index is 4.56. The van der Waals surface area contributed by atoms with Crippen molar-refractivity contribution in [2.45, 2.75) is 78.6 Å². The van der Waals surface area contributed by atoms with Crippen molar-refractivity contribution in [3.8, 4) is 0 Å². The van der Waals surface area contributed by atoms with Gasteiger partial charge in [-0.25, -0.2) is 4.99 Å². The zero-order valence-electron chi connectivity index (χ0n) is 18.4. The fourth-order valence-corrected chi connectivity index (χ4v) is 4.27. The van der Waals surface area contributed by atoms with E-state index in [-0.39, 0.29) is 16.2 Å². The van der Waals surface area contributed by atoms with Crippen molar-refractivity contribution in [1.29, 1.82) is 0 Å². The summed E-state index contributed by atoms with van der Waals surface area (Å²) in [6, 6.07) is 14.9. The smallest absolute Gasteiger partial charge is 0.0733 e. The second-order valence-corrected chi connectivity index (χ2v) is 11.2. The monoisotopic (exact) mass is 379 g/mol. The van der Waals surface area contributed by atoms with Crippen LogP contribution >= 0.6 is 8.20 Å². The Bertz CT molecular complexity index is 815. The van der Waals surface area contributed by atoms with Crippen LogP contribution < -0.4 is 5.30 Å². The number of hydrogen-bond donors (Lipinski definition) is 0. The minimum absolute atomic E-state index is 0.0675. The summed E-state index contributed by atoms with van der Waals surface area (Å²) in [4.78, 5) is 4.56. The predicted octanol–water partition coefficient (Wildman–Crippen LogP) is 7.39. The summed E-state index contributed by atoms with van der Waals surface area (Å²) in [6.07, 6.45) is 0. The van der Waals surface area contributed by atoms with Crippen LogP contribution in [0.25, 0.3) is 0 Å². The number of hydrogen-bond acceptors (Lipinski definition) is 1. The Labute approximate surface area is 167 Å². The maximum Gasteiger partial charge on any atom is 0.0733 e. The summed E-state index contributed by atoms with van der Waals surface area (Å²) in [5, 5.41) is 1.35. The zero-order chi connectivity index (χ0) is 20.5. The van der Waals surface area contributed by atoms with Gasteiger partial charge in [0, 0.05) is 19.1 Å². The standard InChI is InChI=1S/C25H34NP/c1-23(2,3)18-15-20(24(4,5)6)22(21(16-18)25(7,8)9)27-17-26-19-13-11-10-12-14-19/h10-16H,1-9H3. The highest BCUT2D eigenvalue weighted by atomic mass is 31.1. The van der Waals surface area contributed by atoms with Crippen molar-refractivity contribution < 1.29 is 0 Å². The van der Waals surface area contributed by atoms with Crippen molar-refractivity contribution in [3.05, 3.63) is 59.2 Å². The third-order valence-corrected chi connectivity index (χ3v) is 5.59. The molecule has 0 heterocycles. The van der Waals surface area contributed by atoms with E-state index >= 15 is 0 Å². The Hall–Kier alpha value is -1.68. The lowest BCUT2D eigenvalue weighted by atomic mass is 9.75. The summed E-state index contributed by atoms with van der Waals surface area (Å²) in [5.41, 5.74) is 8.71. The quantitative estimate of drug-likeness (QED) is 0.381. The molecule has 2 aromatic rings. The van der Waals surface area contributed by atoms with Crippen molar-refractivity contribution in [2.24, 2.45) is 4.99 Å². The highest BCUT2D eigenvalue weighted by Gasteiger charge is 2.28. The van der Waals surface area contributed by atoms with E-state index in [1.807, 2.05) is 30.3 Å². The zero-order valence-corrected chi connectivity index (χ0v) is 19.3. The molecule has 0 unspecified atom stereocenters. The molecule has 0 atom stereocenters. The van der Waals surface area contributed by atoms with E-state index < -0.39 is 0 Å². The maximum absolute atomic E-state index is 4.56. The third kappa shape index (κ3) is 5.65. The SMILES string of the molecule is CC(C)(C)c1cc(C(C)(C)C)c(P=C=Nc2ccccc2)c(C(C)(C)C)c1. The van der Waals surface area contributed by atoms with E-state index in [4.69, 9.17) is 0 Å². The molecule has 0 fully saturated rings. The van der Waals surface area contributed by atoms with Crippen LogP contribution in [-0.2, 0) is 16.2 Å². The van der Waals surface area contributed by atoms with E-state index in [0.29, 0.717) is 0 Å². The highest BCUT2D eigenvalue weighted by molar-refractivity contribution is 7.46. The van der Waals surface area contributed by atoms with E-state index in [0.717, 1.165) is 13.9 Å². The normalized spacial score (nSPS) is 12.8. The topological polar surface area (TPSA) is 12.4 Å². The number of para-hydroxylation sites is 1. The summed E-state index contributed by atoms with van der Waals surface area (Å²) in [7, 11) is 1.03. The summed E-state index contributed by atoms with van der Waals surface area (Å²) < 4.78 is 0. The van der Waals surface area contributed by atoms with E-state index in [1.165, 1.54) is 22.0 Å². The molecule has 2 rings (SSSR count). The van der Waals surface area contributed by atoms with Gasteiger partial charge in [-0.15, -0.1) is 0 Å². The van der Waals surface area contributed by atoms with Crippen molar-refractivity contribution in [3.63, 3.8) is 0 Å².